The van der Waals surface area contributed by atoms with Crippen LogP contribution in [0.2, 0.25) is 5.02 Å². The number of carbonyl (C=O) groups excluding carboxylic acids is 1. The topological polar surface area (TPSA) is 61.4 Å². The number of halogens is 1. The van der Waals surface area contributed by atoms with Gasteiger partial charge in [0.05, 0.1) is 5.02 Å². The second kappa shape index (κ2) is 5.92. The van der Waals surface area contributed by atoms with Crippen LogP contribution in [0.5, 0.6) is 5.75 Å². The van der Waals surface area contributed by atoms with E-state index in [4.69, 9.17) is 11.6 Å². The Labute approximate surface area is 125 Å². The van der Waals surface area contributed by atoms with Crippen molar-refractivity contribution in [1.29, 1.82) is 0 Å². The largest absolute Gasteiger partial charge is 0.506 e. The standard InChI is InChI=1S/C15H23ClN2O2/c1-14(2,3)9-15(4,5)18-13(20)17-10-6-7-12(19)11(16)8-10/h6-8,19H,9H2,1-5H3,(H2,17,18,20). The van der Waals surface area contributed by atoms with Gasteiger partial charge in [0.1, 0.15) is 5.75 Å². The number of phenols is 1. The molecule has 0 aliphatic heterocycles. The molecule has 0 bridgehead atoms. The van der Waals surface area contributed by atoms with E-state index in [2.05, 4.69) is 31.4 Å². The fourth-order valence-corrected chi connectivity index (χ4v) is 2.60. The Morgan fingerprint density at radius 1 is 1.25 bits per heavy atom. The number of carbonyl (C=O) groups is 1. The first-order valence-electron chi connectivity index (χ1n) is 6.56. The molecule has 3 N–H and O–H groups in total. The zero-order valence-electron chi connectivity index (χ0n) is 12.7. The van der Waals surface area contributed by atoms with Gasteiger partial charge in [-0.2, -0.15) is 0 Å². The lowest BCUT2D eigenvalue weighted by molar-refractivity contribution is 0.220. The highest BCUT2D eigenvalue weighted by Gasteiger charge is 2.26. The average molecular weight is 299 g/mol. The first-order valence-corrected chi connectivity index (χ1v) is 6.94. The lowest BCUT2D eigenvalue weighted by Crippen LogP contribution is -2.47. The summed E-state index contributed by atoms with van der Waals surface area (Å²) in [6.07, 6.45) is 0.851. The maximum absolute atomic E-state index is 12.0. The number of hydrogen-bond donors (Lipinski definition) is 3. The second-order valence-electron chi connectivity index (χ2n) is 6.87. The summed E-state index contributed by atoms with van der Waals surface area (Å²) in [6.45, 7) is 10.4. The minimum absolute atomic E-state index is 0.00862. The molecule has 0 spiro atoms. The molecular formula is C15H23ClN2O2. The number of rotatable bonds is 3. The van der Waals surface area contributed by atoms with Crippen LogP contribution in [-0.4, -0.2) is 16.7 Å². The van der Waals surface area contributed by atoms with Crippen LogP contribution >= 0.6 is 11.6 Å². The predicted octanol–water partition coefficient (Wildman–Crippen LogP) is 4.38. The minimum Gasteiger partial charge on any atom is -0.506 e. The average Bonchev–Trinajstić information content (AvgIpc) is 2.18. The normalized spacial score (nSPS) is 12.1. The van der Waals surface area contributed by atoms with Crippen molar-refractivity contribution in [1.82, 2.24) is 5.32 Å². The van der Waals surface area contributed by atoms with E-state index in [1.165, 1.54) is 12.1 Å². The number of aromatic hydroxyl groups is 1. The van der Waals surface area contributed by atoms with E-state index in [1.807, 2.05) is 13.8 Å². The monoisotopic (exact) mass is 298 g/mol. The zero-order valence-corrected chi connectivity index (χ0v) is 13.4. The van der Waals surface area contributed by atoms with E-state index in [0.29, 0.717) is 5.69 Å². The van der Waals surface area contributed by atoms with Crippen LogP contribution in [0.25, 0.3) is 0 Å². The Morgan fingerprint density at radius 3 is 2.35 bits per heavy atom. The highest BCUT2D eigenvalue weighted by Crippen LogP contribution is 2.28. The highest BCUT2D eigenvalue weighted by molar-refractivity contribution is 6.32. The van der Waals surface area contributed by atoms with Crippen molar-refractivity contribution in [2.75, 3.05) is 5.32 Å². The summed E-state index contributed by atoms with van der Waals surface area (Å²) in [5.74, 6) is -0.00862. The van der Waals surface area contributed by atoms with Crippen LogP contribution in [0.4, 0.5) is 10.5 Å². The fourth-order valence-electron chi connectivity index (χ4n) is 2.42. The lowest BCUT2D eigenvalue weighted by atomic mass is 9.82. The number of nitrogens with one attached hydrogen (secondary N) is 2. The fraction of sp³-hybridized carbons (Fsp3) is 0.533. The molecule has 0 unspecified atom stereocenters. The van der Waals surface area contributed by atoms with Crippen molar-refractivity contribution in [3.8, 4) is 5.75 Å². The Hall–Kier alpha value is -1.42. The number of benzene rings is 1. The SMILES string of the molecule is CC(C)(C)CC(C)(C)NC(=O)Nc1ccc(O)c(Cl)c1. The first kappa shape index (κ1) is 16.6. The maximum atomic E-state index is 12.0. The molecule has 4 nitrogen and oxygen atoms in total. The summed E-state index contributed by atoms with van der Waals surface area (Å²) in [5, 5.41) is 15.2. The van der Waals surface area contributed by atoms with Gasteiger partial charge in [-0.15, -0.1) is 0 Å². The van der Waals surface area contributed by atoms with Gasteiger partial charge in [-0.05, 0) is 43.9 Å². The van der Waals surface area contributed by atoms with Crippen molar-refractivity contribution in [2.45, 2.75) is 46.6 Å². The molecular weight excluding hydrogens is 276 g/mol. The minimum atomic E-state index is -0.316. The maximum Gasteiger partial charge on any atom is 0.319 e. The van der Waals surface area contributed by atoms with Gasteiger partial charge in [0.2, 0.25) is 0 Å². The van der Waals surface area contributed by atoms with Gasteiger partial charge in [-0.1, -0.05) is 32.4 Å². The Morgan fingerprint density at radius 2 is 1.85 bits per heavy atom. The molecule has 0 atom stereocenters. The van der Waals surface area contributed by atoms with Crippen LogP contribution in [0.15, 0.2) is 18.2 Å². The van der Waals surface area contributed by atoms with Gasteiger partial charge in [-0.25, -0.2) is 4.79 Å². The van der Waals surface area contributed by atoms with Crippen molar-refractivity contribution >= 4 is 23.3 Å². The molecule has 0 aromatic heterocycles. The van der Waals surface area contributed by atoms with Gasteiger partial charge in [-0.3, -0.25) is 0 Å². The molecule has 1 aromatic rings. The summed E-state index contributed by atoms with van der Waals surface area (Å²) in [5.41, 5.74) is 0.346. The molecule has 0 saturated carbocycles. The van der Waals surface area contributed by atoms with Crippen LogP contribution in [0, 0.1) is 5.41 Å². The molecule has 112 valence electrons. The highest BCUT2D eigenvalue weighted by atomic mass is 35.5. The van der Waals surface area contributed by atoms with E-state index in [-0.39, 0.29) is 27.8 Å². The predicted molar refractivity (Wildman–Crippen MR) is 83.4 cm³/mol. The zero-order chi connectivity index (χ0) is 15.6. The lowest BCUT2D eigenvalue weighted by Gasteiger charge is -2.33. The van der Waals surface area contributed by atoms with Crippen molar-refractivity contribution in [3.05, 3.63) is 23.2 Å². The van der Waals surface area contributed by atoms with Gasteiger partial charge in [0, 0.05) is 11.2 Å². The molecule has 0 heterocycles. The summed E-state index contributed by atoms with van der Waals surface area (Å²) in [6, 6.07) is 4.25. The Kier molecular flexibility index (Phi) is 4.92. The van der Waals surface area contributed by atoms with E-state index >= 15 is 0 Å². The van der Waals surface area contributed by atoms with Crippen LogP contribution < -0.4 is 10.6 Å². The molecule has 0 aliphatic carbocycles. The van der Waals surface area contributed by atoms with Gasteiger partial charge in [0.15, 0.2) is 0 Å². The number of urea groups is 1. The Balaban J connectivity index is 2.65. The summed E-state index contributed by atoms with van der Waals surface area (Å²) < 4.78 is 0. The number of amides is 2. The van der Waals surface area contributed by atoms with E-state index in [0.717, 1.165) is 6.42 Å². The quantitative estimate of drug-likeness (QED) is 0.725. The van der Waals surface area contributed by atoms with E-state index < -0.39 is 0 Å². The van der Waals surface area contributed by atoms with Crippen molar-refractivity contribution < 1.29 is 9.90 Å². The number of anilines is 1. The molecule has 5 heteroatoms. The second-order valence-corrected chi connectivity index (χ2v) is 7.27. The number of hydrogen-bond acceptors (Lipinski definition) is 2. The van der Waals surface area contributed by atoms with E-state index in [9.17, 15) is 9.90 Å². The van der Waals surface area contributed by atoms with Crippen molar-refractivity contribution in [2.24, 2.45) is 5.41 Å². The molecule has 0 aliphatic rings. The van der Waals surface area contributed by atoms with E-state index in [1.54, 1.807) is 6.07 Å². The van der Waals surface area contributed by atoms with Gasteiger partial charge in [0.25, 0.3) is 0 Å². The molecule has 1 aromatic carbocycles. The third-order valence-corrected chi connectivity index (χ3v) is 2.93. The van der Waals surface area contributed by atoms with Crippen LogP contribution in [0.3, 0.4) is 0 Å². The van der Waals surface area contributed by atoms with Crippen LogP contribution in [-0.2, 0) is 0 Å². The van der Waals surface area contributed by atoms with Crippen molar-refractivity contribution in [3.63, 3.8) is 0 Å². The third kappa shape index (κ3) is 5.70. The molecule has 0 saturated heterocycles. The molecule has 0 fully saturated rings. The smallest absolute Gasteiger partial charge is 0.319 e. The molecule has 2 amide bonds. The Bertz CT molecular complexity index is 493. The molecule has 1 rings (SSSR count). The summed E-state index contributed by atoms with van der Waals surface area (Å²) in [7, 11) is 0. The van der Waals surface area contributed by atoms with Gasteiger partial charge >= 0.3 is 6.03 Å². The summed E-state index contributed by atoms with van der Waals surface area (Å²) in [4.78, 5) is 12.0. The summed E-state index contributed by atoms with van der Waals surface area (Å²) >= 11 is 5.80. The molecule has 0 radical (unpaired) electrons. The van der Waals surface area contributed by atoms with Crippen LogP contribution in [0.1, 0.15) is 41.0 Å². The third-order valence-electron chi connectivity index (χ3n) is 2.63. The molecule has 20 heavy (non-hydrogen) atoms. The van der Waals surface area contributed by atoms with Gasteiger partial charge < -0.3 is 15.7 Å². The number of phenolic OH excluding ortho intramolecular Hbond substituents is 1. The first-order chi connectivity index (χ1) is 8.98.